The summed E-state index contributed by atoms with van der Waals surface area (Å²) in [6.07, 6.45) is -1.15. The lowest BCUT2D eigenvalue weighted by Gasteiger charge is -2.45. The van der Waals surface area contributed by atoms with E-state index < -0.39 is 62.5 Å². The van der Waals surface area contributed by atoms with E-state index in [0.717, 1.165) is 24.3 Å². The van der Waals surface area contributed by atoms with Crippen molar-refractivity contribution in [3.63, 3.8) is 0 Å². The number of benzene rings is 2. The van der Waals surface area contributed by atoms with Crippen molar-refractivity contribution in [1.82, 2.24) is 9.62 Å². The first-order chi connectivity index (χ1) is 16.5. The van der Waals surface area contributed by atoms with Crippen LogP contribution in [0.25, 0.3) is 11.1 Å². The minimum atomic E-state index is -3.58. The molecule has 2 fully saturated rings. The van der Waals surface area contributed by atoms with Crippen molar-refractivity contribution in [2.75, 3.05) is 32.6 Å². The lowest BCUT2D eigenvalue weighted by Crippen LogP contribution is -2.65. The number of hydrogen-bond donors (Lipinski definition) is 1. The average Bonchev–Trinajstić information content (AvgIpc) is 3.52. The van der Waals surface area contributed by atoms with Crippen LogP contribution in [0, 0.1) is 22.9 Å². The summed E-state index contributed by atoms with van der Waals surface area (Å²) in [7, 11) is -2.19. The Morgan fingerprint density at radius 2 is 1.89 bits per heavy atom. The third-order valence-corrected chi connectivity index (χ3v) is 8.23. The predicted octanol–water partition coefficient (Wildman–Crippen LogP) is 3.38. The second kappa shape index (κ2) is 9.51. The second-order valence-corrected chi connectivity index (χ2v) is 11.1. The van der Waals surface area contributed by atoms with E-state index in [1.54, 1.807) is 0 Å². The normalized spacial score (nSPS) is 25.9. The van der Waals surface area contributed by atoms with Gasteiger partial charge in [-0.3, -0.25) is 4.79 Å². The number of ether oxygens (including phenoxy) is 1. The Hall–Kier alpha value is -2.50. The molecular formula is C24H26F4N2O4S. The van der Waals surface area contributed by atoms with Crippen molar-refractivity contribution in [2.24, 2.45) is 5.41 Å². The number of rotatable bonds is 9. The Labute approximate surface area is 201 Å². The van der Waals surface area contributed by atoms with Crippen LogP contribution in [0.15, 0.2) is 36.4 Å². The molecule has 1 aliphatic heterocycles. The van der Waals surface area contributed by atoms with Crippen molar-refractivity contribution < 1.29 is 35.5 Å². The van der Waals surface area contributed by atoms with Gasteiger partial charge in [0.15, 0.2) is 0 Å². The Morgan fingerprint density at radius 1 is 1.20 bits per heavy atom. The zero-order chi connectivity index (χ0) is 25.5. The van der Waals surface area contributed by atoms with E-state index in [9.17, 15) is 30.8 Å². The maximum atomic E-state index is 14.6. The fourth-order valence-corrected chi connectivity index (χ4v) is 5.44. The molecule has 35 heavy (non-hydrogen) atoms. The summed E-state index contributed by atoms with van der Waals surface area (Å²) in [6.45, 7) is 0.931. The maximum Gasteiger partial charge on any atom is 0.232 e. The van der Waals surface area contributed by atoms with Gasteiger partial charge in [0.1, 0.15) is 23.6 Å². The first-order valence-corrected chi connectivity index (χ1v) is 12.8. The highest BCUT2D eigenvalue weighted by atomic mass is 32.2. The molecule has 11 heteroatoms. The first kappa shape index (κ1) is 25.6. The maximum absolute atomic E-state index is 14.6. The topological polar surface area (TPSA) is 75.7 Å². The molecule has 0 bridgehead atoms. The monoisotopic (exact) mass is 514 g/mol. The number of alkyl halides is 1. The Kier molecular flexibility index (Phi) is 6.96. The molecule has 6 nitrogen and oxygen atoms in total. The summed E-state index contributed by atoms with van der Waals surface area (Å²) >= 11 is 0. The molecule has 1 saturated heterocycles. The molecule has 2 aromatic rings. The molecule has 4 rings (SSSR count). The van der Waals surface area contributed by atoms with Gasteiger partial charge in [-0.25, -0.2) is 30.7 Å². The number of amides is 1. The van der Waals surface area contributed by atoms with Crippen LogP contribution in [0.3, 0.4) is 0 Å². The number of halogens is 4. The van der Waals surface area contributed by atoms with Gasteiger partial charge in [0.2, 0.25) is 15.9 Å². The lowest BCUT2D eigenvalue weighted by atomic mass is 9.89. The summed E-state index contributed by atoms with van der Waals surface area (Å²) in [6, 6.07) is 5.94. The molecule has 2 aliphatic rings. The van der Waals surface area contributed by atoms with E-state index in [4.69, 9.17) is 4.74 Å². The number of carbonyl (C=O) groups excluding carboxylic acids is 1. The van der Waals surface area contributed by atoms with Gasteiger partial charge in [0.25, 0.3) is 0 Å². The number of sulfonamides is 1. The zero-order valence-corrected chi connectivity index (χ0v) is 20.0. The van der Waals surface area contributed by atoms with Gasteiger partial charge in [0.05, 0.1) is 35.9 Å². The number of methoxy groups -OCH3 is 1. The van der Waals surface area contributed by atoms with Gasteiger partial charge >= 0.3 is 0 Å². The summed E-state index contributed by atoms with van der Waals surface area (Å²) in [5, 5.41) is 0. The van der Waals surface area contributed by atoms with E-state index in [1.165, 1.54) is 31.1 Å². The zero-order valence-electron chi connectivity index (χ0n) is 19.2. The van der Waals surface area contributed by atoms with Crippen LogP contribution in [0.4, 0.5) is 17.6 Å². The Morgan fingerprint density at radius 3 is 2.49 bits per heavy atom. The highest BCUT2D eigenvalue weighted by molar-refractivity contribution is 7.89. The highest BCUT2D eigenvalue weighted by Crippen LogP contribution is 2.62. The fraction of sp³-hybridized carbons (Fsp3) is 0.458. The Bertz CT molecular complexity index is 1220. The van der Waals surface area contributed by atoms with E-state index >= 15 is 0 Å². The number of carbonyl (C=O) groups is 1. The van der Waals surface area contributed by atoms with Crippen LogP contribution >= 0.6 is 0 Å². The van der Waals surface area contributed by atoms with E-state index in [1.807, 2.05) is 0 Å². The SMILES string of the molecule is CCS(=O)(=O)NC[C@@H]1[C@H](F)CN1C(=O)C1(COC)CC1c1ccc(F)cc1-c1c(F)cccc1F. The highest BCUT2D eigenvalue weighted by Gasteiger charge is 2.64. The number of nitrogens with one attached hydrogen (secondary N) is 1. The molecule has 2 aromatic carbocycles. The van der Waals surface area contributed by atoms with Crippen LogP contribution < -0.4 is 4.72 Å². The third kappa shape index (κ3) is 4.68. The molecule has 190 valence electrons. The second-order valence-electron chi connectivity index (χ2n) is 8.97. The first-order valence-electron chi connectivity index (χ1n) is 11.2. The predicted molar refractivity (Wildman–Crippen MR) is 121 cm³/mol. The summed E-state index contributed by atoms with van der Waals surface area (Å²) in [5.74, 6) is -3.61. The van der Waals surface area contributed by atoms with Gasteiger partial charge in [-0.05, 0) is 48.7 Å². The summed E-state index contributed by atoms with van der Waals surface area (Å²) < 4.78 is 88.8. The summed E-state index contributed by atoms with van der Waals surface area (Å²) in [5.41, 5.74) is -1.17. The van der Waals surface area contributed by atoms with Gasteiger partial charge in [-0.1, -0.05) is 12.1 Å². The summed E-state index contributed by atoms with van der Waals surface area (Å²) in [4.78, 5) is 14.8. The molecule has 2 unspecified atom stereocenters. The quantitative estimate of drug-likeness (QED) is 0.521. The number of hydrogen-bond acceptors (Lipinski definition) is 4. The van der Waals surface area contributed by atoms with E-state index in [2.05, 4.69) is 4.72 Å². The van der Waals surface area contributed by atoms with Gasteiger partial charge in [-0.2, -0.15) is 0 Å². The van der Waals surface area contributed by atoms with Crippen molar-refractivity contribution >= 4 is 15.9 Å². The van der Waals surface area contributed by atoms with Crippen LogP contribution in [-0.4, -0.2) is 64.0 Å². The third-order valence-electron chi connectivity index (χ3n) is 6.87. The van der Waals surface area contributed by atoms with Crippen LogP contribution in [-0.2, 0) is 19.6 Å². The van der Waals surface area contributed by atoms with Gasteiger partial charge < -0.3 is 9.64 Å². The van der Waals surface area contributed by atoms with E-state index in [0.29, 0.717) is 5.56 Å². The van der Waals surface area contributed by atoms with Crippen LogP contribution in [0.2, 0.25) is 0 Å². The minimum Gasteiger partial charge on any atom is -0.384 e. The van der Waals surface area contributed by atoms with Crippen molar-refractivity contribution in [1.29, 1.82) is 0 Å². The molecule has 1 aliphatic carbocycles. The van der Waals surface area contributed by atoms with Crippen LogP contribution in [0.1, 0.15) is 24.8 Å². The molecule has 4 atom stereocenters. The molecule has 1 N–H and O–H groups in total. The van der Waals surface area contributed by atoms with Crippen molar-refractivity contribution in [2.45, 2.75) is 31.5 Å². The molecule has 0 aromatic heterocycles. The van der Waals surface area contributed by atoms with Crippen molar-refractivity contribution in [3.8, 4) is 11.1 Å². The van der Waals surface area contributed by atoms with Gasteiger partial charge in [-0.15, -0.1) is 0 Å². The molecule has 0 spiro atoms. The smallest absolute Gasteiger partial charge is 0.232 e. The molecule has 0 radical (unpaired) electrons. The lowest BCUT2D eigenvalue weighted by molar-refractivity contribution is -0.153. The van der Waals surface area contributed by atoms with E-state index in [-0.39, 0.29) is 37.4 Å². The van der Waals surface area contributed by atoms with Crippen molar-refractivity contribution in [3.05, 3.63) is 59.4 Å². The van der Waals surface area contributed by atoms with Crippen LogP contribution in [0.5, 0.6) is 0 Å². The van der Waals surface area contributed by atoms with Gasteiger partial charge in [0, 0.05) is 19.6 Å². The Balaban J connectivity index is 1.65. The molecule has 1 amide bonds. The fourth-order valence-electron chi connectivity index (χ4n) is 4.81. The molecule has 1 saturated carbocycles. The molecular weight excluding hydrogens is 488 g/mol. The standard InChI is InChI=1S/C24H26F4N2O4S/c1-3-35(32,33)29-11-21-20(28)12-30(21)23(31)24(13-34-2)10-17(24)15-8-7-14(25)9-16(15)22-18(26)5-4-6-19(22)27/h4-9,17,20-21,29H,3,10-13H2,1-2H3/t17?,20-,21-,24?/m1/s1. The molecule has 1 heterocycles. The number of nitrogens with zero attached hydrogens (tertiary/aromatic N) is 1. The number of likely N-dealkylation sites (tertiary alicyclic amines) is 1. The average molecular weight is 515 g/mol. The minimum absolute atomic E-state index is 0.00406. The largest absolute Gasteiger partial charge is 0.384 e.